The lowest BCUT2D eigenvalue weighted by atomic mass is 10.4. The van der Waals surface area contributed by atoms with Gasteiger partial charge in [0.15, 0.2) is 0 Å². The second kappa shape index (κ2) is 347. The Morgan fingerprint density at radius 1 is 0.320 bits per heavy atom. The first-order valence-corrected chi connectivity index (χ1v) is 13.5. The average molecular weight is 782 g/mol. The Bertz CT molecular complexity index is 150. The molecular weight excluding hydrogens is 645 g/mol. The largest absolute Gasteiger partial charge is 0.385 e. The van der Waals surface area contributed by atoms with Gasteiger partial charge in [0, 0.05) is 54.4 Å². The van der Waals surface area contributed by atoms with Crippen LogP contribution in [0.2, 0.25) is 0 Å². The smallest absolute Gasteiger partial charge is 0.146 e. The quantitative estimate of drug-likeness (QED) is 0.153. The number of hydrogen-bond donors (Lipinski definition) is 0. The van der Waals surface area contributed by atoms with Crippen molar-refractivity contribution in [2.24, 2.45) is 0 Å². The molecule has 0 saturated heterocycles. The van der Waals surface area contributed by atoms with Gasteiger partial charge in [-0.15, -0.1) is 0 Å². The minimum Gasteiger partial charge on any atom is -0.385 e. The summed E-state index contributed by atoms with van der Waals surface area (Å²) < 4.78 is 28.0. The Kier molecular flexibility index (Phi) is 1330. The van der Waals surface area contributed by atoms with Gasteiger partial charge in [0.25, 0.3) is 0 Å². The van der Waals surface area contributed by atoms with Gasteiger partial charge in [-0.05, 0) is 46.6 Å². The van der Waals surface area contributed by atoms with E-state index in [-0.39, 0.29) is 134 Å². The van der Waals surface area contributed by atoms with Crippen LogP contribution in [0.25, 0.3) is 0 Å². The Morgan fingerprint density at radius 3 is 0.500 bits per heavy atom. The molecule has 350 valence electrons. The van der Waals surface area contributed by atoms with Gasteiger partial charge in [0.05, 0.1) is 0 Å². The Morgan fingerprint density at radius 2 is 0.480 bits per heavy atom. The topological polar surface area (TPSA) is 55.4 Å². The summed E-state index contributed by atoms with van der Waals surface area (Å²) in [6.07, 6.45) is 5.99. The standard InChI is InChI=1S/2C4H10O2.C4H10O.C4H10.C3H8O.C3H8S.C3H8.18CH4/c2*1-3-6-4-5-2;1-3-5-4-2;3*1-3-4-2;1-3-2;;;;;;;;;;;;;;;;;;/h2*3-4H2,1-2H3;3-4H2,1-2H3;3-4H2,1-2H3;2*3H2,1-2H3;3H2,1-2H3;18*1H4. The lowest BCUT2D eigenvalue weighted by molar-refractivity contribution is -0.0251. The van der Waals surface area contributed by atoms with Gasteiger partial charge in [-0.25, -0.2) is 0 Å². The minimum absolute atomic E-state index is 0. The highest BCUT2D eigenvalue weighted by Gasteiger charge is 1.72. The summed E-state index contributed by atoms with van der Waals surface area (Å²) in [6, 6.07) is 0. The van der Waals surface area contributed by atoms with E-state index < -0.39 is 0 Å². The molecule has 0 aromatic carbocycles. The monoisotopic (exact) mass is 781 g/mol. The number of ether oxygens (including phenoxy) is 6. The van der Waals surface area contributed by atoms with Gasteiger partial charge in [-0.3, -0.25) is 0 Å². The van der Waals surface area contributed by atoms with E-state index in [0.717, 1.165) is 33.0 Å². The fourth-order valence-electron chi connectivity index (χ4n) is 0.537. The SMILES string of the molecule is C.C.C.C.C.C.C.C.C.C.C.C.C.C.C.C.C.C.CCC.CCCC.CCOC.CCOCC.CCOCOC.CCOCOC.CCSC. The molecule has 0 aliphatic rings. The summed E-state index contributed by atoms with van der Waals surface area (Å²) in [7, 11) is 4.89. The molecule has 0 radical (unpaired) electrons. The molecule has 50 heavy (non-hydrogen) atoms. The van der Waals surface area contributed by atoms with Gasteiger partial charge in [-0.2, -0.15) is 11.8 Å². The fourth-order valence-corrected chi connectivity index (χ4v) is 0.537. The third-order valence-electron chi connectivity index (χ3n) is 2.30. The van der Waals surface area contributed by atoms with Crippen molar-refractivity contribution >= 4 is 11.8 Å². The van der Waals surface area contributed by atoms with Crippen LogP contribution in [0.1, 0.15) is 222 Å². The maximum Gasteiger partial charge on any atom is 0.146 e. The molecule has 0 heterocycles. The van der Waals surface area contributed by atoms with Crippen LogP contribution in [0.3, 0.4) is 0 Å². The lowest BCUT2D eigenvalue weighted by Crippen LogP contribution is -1.93. The van der Waals surface area contributed by atoms with Gasteiger partial charge >= 0.3 is 0 Å². The van der Waals surface area contributed by atoms with Crippen molar-refractivity contribution < 1.29 is 28.4 Å². The number of rotatable bonds is 11. The molecular formula is C43H136O6S. The van der Waals surface area contributed by atoms with Crippen molar-refractivity contribution in [3.63, 3.8) is 0 Å². The Hall–Kier alpha value is 0.110. The van der Waals surface area contributed by atoms with Crippen LogP contribution in [-0.2, 0) is 28.4 Å². The van der Waals surface area contributed by atoms with E-state index in [1.54, 1.807) is 21.3 Å². The van der Waals surface area contributed by atoms with E-state index in [1.807, 2.05) is 46.4 Å². The second-order valence-corrected chi connectivity index (χ2v) is 6.60. The highest BCUT2D eigenvalue weighted by atomic mass is 32.2. The van der Waals surface area contributed by atoms with Crippen molar-refractivity contribution in [2.45, 2.75) is 222 Å². The van der Waals surface area contributed by atoms with E-state index in [1.165, 1.54) is 25.0 Å². The van der Waals surface area contributed by atoms with E-state index >= 15 is 0 Å². The normalized spacial score (nSPS) is 5.16. The van der Waals surface area contributed by atoms with Crippen molar-refractivity contribution in [1.82, 2.24) is 0 Å². The predicted octanol–water partition coefficient (Wildman–Crippen LogP) is 19.0. The van der Waals surface area contributed by atoms with Crippen LogP contribution in [0.5, 0.6) is 0 Å². The second-order valence-electron chi connectivity index (χ2n) is 5.44. The van der Waals surface area contributed by atoms with Crippen LogP contribution >= 0.6 is 11.8 Å². The van der Waals surface area contributed by atoms with Gasteiger partial charge in [0.1, 0.15) is 13.6 Å². The minimum atomic E-state index is 0. The summed E-state index contributed by atoms with van der Waals surface area (Å²) in [5.41, 5.74) is 0. The summed E-state index contributed by atoms with van der Waals surface area (Å²) >= 11 is 1.86. The molecule has 0 N–H and O–H groups in total. The van der Waals surface area contributed by atoms with E-state index in [4.69, 9.17) is 14.2 Å². The molecule has 0 atom stereocenters. The summed E-state index contributed by atoms with van der Waals surface area (Å²) in [5, 5.41) is 0. The highest BCUT2D eigenvalue weighted by Crippen LogP contribution is 1.83. The Labute approximate surface area is 341 Å². The zero-order valence-corrected chi connectivity index (χ0v) is 25.5. The van der Waals surface area contributed by atoms with Crippen LogP contribution in [-0.4, -0.2) is 80.0 Å². The number of unbranched alkanes of at least 4 members (excludes halogenated alkanes) is 1. The molecule has 0 saturated carbocycles. The molecule has 0 spiro atoms. The first-order valence-electron chi connectivity index (χ1n) is 12.1. The lowest BCUT2D eigenvalue weighted by Gasteiger charge is -1.93. The number of hydrogen-bond acceptors (Lipinski definition) is 7. The molecule has 0 bridgehead atoms. The number of methoxy groups -OCH3 is 3. The van der Waals surface area contributed by atoms with Crippen molar-refractivity contribution in [3.05, 3.63) is 0 Å². The molecule has 0 aromatic heterocycles. The number of thioether (sulfide) groups is 1. The van der Waals surface area contributed by atoms with Crippen LogP contribution in [0.4, 0.5) is 0 Å². The maximum absolute atomic E-state index is 4.83. The average Bonchev–Trinajstić information content (AvgIpc) is 2.83. The van der Waals surface area contributed by atoms with Crippen LogP contribution in [0.15, 0.2) is 0 Å². The van der Waals surface area contributed by atoms with Gasteiger partial charge < -0.3 is 28.4 Å². The van der Waals surface area contributed by atoms with Crippen LogP contribution < -0.4 is 0 Å². The molecule has 0 fully saturated rings. The molecule has 0 aliphatic carbocycles. The van der Waals surface area contributed by atoms with Crippen molar-refractivity contribution in [1.29, 1.82) is 0 Å². The maximum atomic E-state index is 4.83. The highest BCUT2D eigenvalue weighted by molar-refractivity contribution is 7.98. The van der Waals surface area contributed by atoms with E-state index in [0.29, 0.717) is 13.6 Å². The summed E-state index contributed by atoms with van der Waals surface area (Å²) in [6.45, 7) is 25.3. The first-order chi connectivity index (χ1) is 15.4. The van der Waals surface area contributed by atoms with E-state index in [9.17, 15) is 0 Å². The molecule has 6 nitrogen and oxygen atoms in total. The third kappa shape index (κ3) is 865. The zero-order valence-electron chi connectivity index (χ0n) is 24.6. The molecule has 7 heteroatoms. The molecule has 0 unspecified atom stereocenters. The van der Waals surface area contributed by atoms with Gasteiger partial charge in [-0.1, -0.05) is 188 Å². The molecule has 0 amide bonds. The molecule has 0 aliphatic heterocycles. The Balaban J connectivity index is -0.00000000603. The van der Waals surface area contributed by atoms with Gasteiger partial charge in [0.2, 0.25) is 0 Å². The molecule has 0 aromatic rings. The third-order valence-corrected chi connectivity index (χ3v) is 2.87. The predicted molar refractivity (Wildman–Crippen MR) is 268 cm³/mol. The first kappa shape index (κ1) is 192. The zero-order chi connectivity index (χ0) is 26.7. The fraction of sp³-hybridized carbons (Fsp3) is 1.00. The summed E-state index contributed by atoms with van der Waals surface area (Å²) in [4.78, 5) is 0. The molecule has 0 rings (SSSR count). The van der Waals surface area contributed by atoms with E-state index in [2.05, 4.69) is 55.1 Å². The van der Waals surface area contributed by atoms with Crippen molar-refractivity contribution in [2.75, 3.05) is 80.0 Å². The van der Waals surface area contributed by atoms with Crippen LogP contribution in [0, 0.1) is 0 Å². The summed E-state index contributed by atoms with van der Waals surface area (Å²) in [5.74, 6) is 1.24. The van der Waals surface area contributed by atoms with Crippen molar-refractivity contribution in [3.8, 4) is 0 Å².